The molecule has 1 aromatic rings. The zero-order valence-corrected chi connectivity index (χ0v) is 12.6. The lowest BCUT2D eigenvalue weighted by atomic mass is 10.0. The molecule has 0 aromatic heterocycles. The van der Waals surface area contributed by atoms with Gasteiger partial charge in [0.25, 0.3) is 0 Å². The minimum atomic E-state index is -0.585. The fourth-order valence-corrected chi connectivity index (χ4v) is 1.76. The minimum Gasteiger partial charge on any atom is -0.443 e. The Morgan fingerprint density at radius 2 is 1.95 bits per heavy atom. The van der Waals surface area contributed by atoms with E-state index in [0.29, 0.717) is 12.8 Å². The van der Waals surface area contributed by atoms with E-state index in [-0.39, 0.29) is 18.5 Å². The van der Waals surface area contributed by atoms with Crippen molar-refractivity contribution in [2.24, 2.45) is 0 Å². The van der Waals surface area contributed by atoms with Crippen LogP contribution in [0.3, 0.4) is 0 Å². The van der Waals surface area contributed by atoms with Gasteiger partial charge in [0.15, 0.2) is 0 Å². The molecule has 0 spiro atoms. The Morgan fingerprint density at radius 1 is 1.33 bits per heavy atom. The molecule has 0 saturated heterocycles. The van der Waals surface area contributed by atoms with Gasteiger partial charge in [-0.3, -0.25) is 5.43 Å². The van der Waals surface area contributed by atoms with Gasteiger partial charge in [-0.2, -0.15) is 0 Å². The maximum absolute atomic E-state index is 13.0. The second kappa shape index (κ2) is 7.95. The van der Waals surface area contributed by atoms with Crippen LogP contribution >= 0.6 is 0 Å². The average Bonchev–Trinajstić information content (AvgIpc) is 2.38. The van der Waals surface area contributed by atoms with Crippen molar-refractivity contribution < 1.29 is 19.0 Å². The summed E-state index contributed by atoms with van der Waals surface area (Å²) in [5, 5.41) is 8.94. The van der Waals surface area contributed by atoms with E-state index < -0.39 is 11.7 Å². The van der Waals surface area contributed by atoms with Crippen LogP contribution in [0.15, 0.2) is 24.3 Å². The van der Waals surface area contributed by atoms with Gasteiger partial charge in [-0.1, -0.05) is 12.1 Å². The zero-order chi connectivity index (χ0) is 15.9. The first-order valence-corrected chi connectivity index (χ1v) is 6.92. The molecule has 1 unspecified atom stereocenters. The smallest absolute Gasteiger partial charge is 0.422 e. The highest BCUT2D eigenvalue weighted by Crippen LogP contribution is 2.18. The van der Waals surface area contributed by atoms with Crippen LogP contribution in [-0.4, -0.2) is 23.4 Å². The van der Waals surface area contributed by atoms with Crippen molar-refractivity contribution in [2.75, 3.05) is 6.61 Å². The number of nitrogens with one attached hydrogen (secondary N) is 2. The summed E-state index contributed by atoms with van der Waals surface area (Å²) in [7, 11) is 0. The minimum absolute atomic E-state index is 0.0474. The highest BCUT2D eigenvalue weighted by Gasteiger charge is 2.18. The van der Waals surface area contributed by atoms with E-state index >= 15 is 0 Å². The number of hydrazine groups is 1. The predicted molar refractivity (Wildman–Crippen MR) is 78.0 cm³/mol. The molecule has 0 heterocycles. The second-order valence-electron chi connectivity index (χ2n) is 5.74. The first kappa shape index (κ1) is 17.4. The number of halogens is 1. The molecule has 0 radical (unpaired) electrons. The summed E-state index contributed by atoms with van der Waals surface area (Å²) >= 11 is 0. The Labute approximate surface area is 124 Å². The lowest BCUT2D eigenvalue weighted by Gasteiger charge is -2.23. The summed E-state index contributed by atoms with van der Waals surface area (Å²) in [5.74, 6) is -0.320. The lowest BCUT2D eigenvalue weighted by molar-refractivity contribution is 0.0485. The van der Waals surface area contributed by atoms with E-state index in [1.165, 1.54) is 12.1 Å². The number of rotatable bonds is 6. The van der Waals surface area contributed by atoms with Gasteiger partial charge in [-0.25, -0.2) is 14.6 Å². The molecule has 1 rings (SSSR count). The SMILES string of the molecule is CC(C)(C)OC(=O)NNC(CCCO)c1ccc(F)cc1. The molecule has 0 aliphatic rings. The van der Waals surface area contributed by atoms with Gasteiger partial charge in [-0.05, 0) is 51.3 Å². The van der Waals surface area contributed by atoms with Gasteiger partial charge in [0.1, 0.15) is 11.4 Å². The van der Waals surface area contributed by atoms with Crippen LogP contribution in [0.1, 0.15) is 45.2 Å². The van der Waals surface area contributed by atoms with Crippen LogP contribution in [-0.2, 0) is 4.74 Å². The quantitative estimate of drug-likeness (QED) is 0.706. The zero-order valence-electron chi connectivity index (χ0n) is 12.6. The van der Waals surface area contributed by atoms with E-state index in [0.717, 1.165) is 5.56 Å². The third-order valence-electron chi connectivity index (χ3n) is 2.67. The van der Waals surface area contributed by atoms with Crippen molar-refractivity contribution >= 4 is 6.09 Å². The molecule has 0 aliphatic carbocycles. The number of carbonyl (C=O) groups excluding carboxylic acids is 1. The molecule has 1 aromatic carbocycles. The van der Waals surface area contributed by atoms with E-state index in [1.807, 2.05) is 0 Å². The Hall–Kier alpha value is -1.66. The molecule has 0 aliphatic heterocycles. The molecule has 0 bridgehead atoms. The number of benzene rings is 1. The Kier molecular flexibility index (Phi) is 6.58. The summed E-state index contributed by atoms with van der Waals surface area (Å²) in [6.45, 7) is 5.37. The number of ether oxygens (including phenoxy) is 1. The third kappa shape index (κ3) is 7.06. The van der Waals surface area contributed by atoms with Crippen molar-refractivity contribution in [2.45, 2.75) is 45.3 Å². The molecule has 1 amide bonds. The molecule has 118 valence electrons. The van der Waals surface area contributed by atoms with Crippen molar-refractivity contribution in [3.05, 3.63) is 35.6 Å². The van der Waals surface area contributed by atoms with Gasteiger partial charge >= 0.3 is 6.09 Å². The van der Waals surface area contributed by atoms with Gasteiger partial charge < -0.3 is 9.84 Å². The topological polar surface area (TPSA) is 70.6 Å². The standard InChI is InChI=1S/C15H23FN2O3/c1-15(2,3)21-14(20)18-17-13(5-4-10-19)11-6-8-12(16)9-7-11/h6-9,13,17,19H,4-5,10H2,1-3H3,(H,18,20). The second-order valence-corrected chi connectivity index (χ2v) is 5.74. The van der Waals surface area contributed by atoms with Gasteiger partial charge in [-0.15, -0.1) is 0 Å². The number of amides is 1. The summed E-state index contributed by atoms with van der Waals surface area (Å²) in [4.78, 5) is 11.6. The molecular weight excluding hydrogens is 275 g/mol. The van der Waals surface area contributed by atoms with Crippen molar-refractivity contribution in [1.82, 2.24) is 10.9 Å². The fraction of sp³-hybridized carbons (Fsp3) is 0.533. The van der Waals surface area contributed by atoms with E-state index in [4.69, 9.17) is 9.84 Å². The Balaban J connectivity index is 2.62. The first-order chi connectivity index (χ1) is 9.81. The molecule has 21 heavy (non-hydrogen) atoms. The summed E-state index contributed by atoms with van der Waals surface area (Å²) in [5.41, 5.74) is 5.57. The van der Waals surface area contributed by atoms with Gasteiger partial charge in [0.05, 0.1) is 6.04 Å². The first-order valence-electron chi connectivity index (χ1n) is 6.92. The van der Waals surface area contributed by atoms with Crippen LogP contribution in [0.4, 0.5) is 9.18 Å². The molecule has 3 N–H and O–H groups in total. The molecule has 0 saturated carbocycles. The molecular formula is C15H23FN2O3. The average molecular weight is 298 g/mol. The van der Waals surface area contributed by atoms with E-state index in [1.54, 1.807) is 32.9 Å². The van der Waals surface area contributed by atoms with Gasteiger partial charge in [0.2, 0.25) is 0 Å². The highest BCUT2D eigenvalue weighted by molar-refractivity contribution is 5.67. The number of hydrogen-bond donors (Lipinski definition) is 3. The van der Waals surface area contributed by atoms with Crippen molar-refractivity contribution in [3.8, 4) is 0 Å². The Morgan fingerprint density at radius 3 is 2.48 bits per heavy atom. The maximum Gasteiger partial charge on any atom is 0.422 e. The Bertz CT molecular complexity index is 443. The van der Waals surface area contributed by atoms with E-state index in [2.05, 4.69) is 10.9 Å². The summed E-state index contributed by atoms with van der Waals surface area (Å²) in [6.07, 6.45) is 0.571. The predicted octanol–water partition coefficient (Wildman–Crippen LogP) is 2.67. The summed E-state index contributed by atoms with van der Waals surface area (Å²) < 4.78 is 18.1. The van der Waals surface area contributed by atoms with Crippen LogP contribution in [0.25, 0.3) is 0 Å². The highest BCUT2D eigenvalue weighted by atomic mass is 19.1. The van der Waals surface area contributed by atoms with Crippen LogP contribution in [0, 0.1) is 5.82 Å². The normalized spacial score (nSPS) is 12.8. The van der Waals surface area contributed by atoms with Crippen molar-refractivity contribution in [1.29, 1.82) is 0 Å². The van der Waals surface area contributed by atoms with Crippen LogP contribution in [0.2, 0.25) is 0 Å². The molecule has 0 fully saturated rings. The number of aliphatic hydroxyl groups is 1. The largest absolute Gasteiger partial charge is 0.443 e. The van der Waals surface area contributed by atoms with E-state index in [9.17, 15) is 9.18 Å². The number of hydrogen-bond acceptors (Lipinski definition) is 4. The fourth-order valence-electron chi connectivity index (χ4n) is 1.76. The van der Waals surface area contributed by atoms with Crippen LogP contribution in [0.5, 0.6) is 0 Å². The molecule has 6 heteroatoms. The van der Waals surface area contributed by atoms with Crippen LogP contribution < -0.4 is 10.9 Å². The number of aliphatic hydroxyl groups excluding tert-OH is 1. The lowest BCUT2D eigenvalue weighted by Crippen LogP contribution is -2.43. The monoisotopic (exact) mass is 298 g/mol. The number of carbonyl (C=O) groups is 1. The van der Waals surface area contributed by atoms with Crippen molar-refractivity contribution in [3.63, 3.8) is 0 Å². The third-order valence-corrected chi connectivity index (χ3v) is 2.67. The molecule has 1 atom stereocenters. The maximum atomic E-state index is 13.0. The van der Waals surface area contributed by atoms with Gasteiger partial charge in [0, 0.05) is 6.61 Å². The molecule has 5 nitrogen and oxygen atoms in total. The summed E-state index contributed by atoms with van der Waals surface area (Å²) in [6, 6.07) is 5.76.